The highest BCUT2D eigenvalue weighted by Gasteiger charge is 2.21. The van der Waals surface area contributed by atoms with E-state index in [0.717, 1.165) is 11.3 Å². The third-order valence-electron chi connectivity index (χ3n) is 4.02. The fourth-order valence-electron chi connectivity index (χ4n) is 2.79. The maximum absolute atomic E-state index is 5.93. The van der Waals surface area contributed by atoms with Crippen molar-refractivity contribution in [2.75, 3.05) is 13.2 Å². The molecule has 1 aromatic carbocycles. The first kappa shape index (κ1) is 16.2. The zero-order chi connectivity index (χ0) is 15.1. The lowest BCUT2D eigenvalue weighted by molar-refractivity contribution is -0.0165. The maximum atomic E-state index is 5.93. The normalized spacial score (nSPS) is 22.0. The minimum absolute atomic E-state index is 0.412. The van der Waals surface area contributed by atoms with Gasteiger partial charge in [0.15, 0.2) is 0 Å². The van der Waals surface area contributed by atoms with Crippen LogP contribution in [0.5, 0.6) is 5.75 Å². The van der Waals surface area contributed by atoms with E-state index in [1.165, 1.54) is 25.7 Å². The van der Waals surface area contributed by atoms with Crippen molar-refractivity contribution in [2.45, 2.75) is 45.1 Å². The fourth-order valence-corrected chi connectivity index (χ4v) is 2.96. The molecule has 0 heterocycles. The molecule has 0 radical (unpaired) electrons. The highest BCUT2D eigenvalue weighted by Crippen LogP contribution is 2.26. The van der Waals surface area contributed by atoms with Gasteiger partial charge in [-0.15, -0.1) is 0 Å². The predicted molar refractivity (Wildman–Crippen MR) is 89.8 cm³/mol. The quantitative estimate of drug-likeness (QED) is 0.618. The van der Waals surface area contributed by atoms with Crippen molar-refractivity contribution in [3.63, 3.8) is 0 Å². The monoisotopic (exact) mass is 307 g/mol. The van der Waals surface area contributed by atoms with Gasteiger partial charge in [-0.25, -0.2) is 0 Å². The van der Waals surface area contributed by atoms with E-state index in [0.29, 0.717) is 36.6 Å². The van der Waals surface area contributed by atoms with Gasteiger partial charge in [0, 0.05) is 6.42 Å². The largest absolute Gasteiger partial charge is 0.491 e. The zero-order valence-corrected chi connectivity index (χ0v) is 13.5. The Morgan fingerprint density at radius 3 is 2.57 bits per heavy atom. The zero-order valence-electron chi connectivity index (χ0n) is 12.7. The molecule has 1 saturated carbocycles. The van der Waals surface area contributed by atoms with Gasteiger partial charge in [-0.1, -0.05) is 44.1 Å². The molecule has 1 aliphatic carbocycles. The Morgan fingerprint density at radius 2 is 1.90 bits per heavy atom. The van der Waals surface area contributed by atoms with Gasteiger partial charge in [0.1, 0.15) is 12.4 Å². The number of hydrogen-bond donors (Lipinski definition) is 1. The standard InChI is InChI=1S/C17H25NO2S/c1-13-4-2-3-5-16(13)20-11-10-19-15-8-6-14(7-9-15)12-17(18)21/h6-9,13,16H,2-5,10-12H2,1H3,(H2,18,21). The highest BCUT2D eigenvalue weighted by atomic mass is 32.1. The maximum Gasteiger partial charge on any atom is 0.119 e. The SMILES string of the molecule is CC1CCCCC1OCCOc1ccc(CC(N)=S)cc1. The van der Waals surface area contributed by atoms with E-state index in [-0.39, 0.29) is 0 Å². The van der Waals surface area contributed by atoms with Crippen LogP contribution >= 0.6 is 12.2 Å². The van der Waals surface area contributed by atoms with Crippen LogP contribution < -0.4 is 10.5 Å². The van der Waals surface area contributed by atoms with Gasteiger partial charge in [-0.2, -0.15) is 0 Å². The van der Waals surface area contributed by atoms with Crippen LogP contribution in [0.1, 0.15) is 38.2 Å². The number of ether oxygens (including phenoxy) is 2. The smallest absolute Gasteiger partial charge is 0.119 e. The molecule has 116 valence electrons. The van der Waals surface area contributed by atoms with Gasteiger partial charge < -0.3 is 15.2 Å². The summed E-state index contributed by atoms with van der Waals surface area (Å²) < 4.78 is 11.6. The van der Waals surface area contributed by atoms with E-state index in [4.69, 9.17) is 27.4 Å². The minimum Gasteiger partial charge on any atom is -0.491 e. The molecule has 0 saturated heterocycles. The van der Waals surface area contributed by atoms with Crippen molar-refractivity contribution in [3.8, 4) is 5.75 Å². The molecule has 0 aliphatic heterocycles. The summed E-state index contributed by atoms with van der Waals surface area (Å²) in [5, 5.41) is 0. The lowest BCUT2D eigenvalue weighted by Gasteiger charge is -2.28. The number of rotatable bonds is 7. The number of hydrogen-bond acceptors (Lipinski definition) is 3. The van der Waals surface area contributed by atoms with Crippen molar-refractivity contribution in [3.05, 3.63) is 29.8 Å². The van der Waals surface area contributed by atoms with Crippen molar-refractivity contribution < 1.29 is 9.47 Å². The summed E-state index contributed by atoms with van der Waals surface area (Å²) in [4.78, 5) is 0.513. The van der Waals surface area contributed by atoms with Crippen molar-refractivity contribution in [1.82, 2.24) is 0 Å². The number of nitrogens with two attached hydrogens (primary N) is 1. The third-order valence-corrected chi connectivity index (χ3v) is 4.16. The van der Waals surface area contributed by atoms with E-state index in [1.807, 2.05) is 24.3 Å². The molecule has 0 bridgehead atoms. The Labute approximate surface area is 132 Å². The number of benzene rings is 1. The van der Waals surface area contributed by atoms with E-state index < -0.39 is 0 Å². The molecular formula is C17H25NO2S. The Balaban J connectivity index is 1.67. The van der Waals surface area contributed by atoms with Gasteiger partial charge in [0.2, 0.25) is 0 Å². The Morgan fingerprint density at radius 1 is 1.19 bits per heavy atom. The topological polar surface area (TPSA) is 44.5 Å². The van der Waals surface area contributed by atoms with Crippen LogP contribution in [0, 0.1) is 5.92 Å². The second kappa shape index (κ2) is 8.35. The summed E-state index contributed by atoms with van der Waals surface area (Å²) in [5.41, 5.74) is 6.64. The lowest BCUT2D eigenvalue weighted by atomic mass is 9.88. The average molecular weight is 307 g/mol. The molecule has 0 aromatic heterocycles. The molecule has 0 spiro atoms. The van der Waals surface area contributed by atoms with Crippen LogP contribution in [0.4, 0.5) is 0 Å². The van der Waals surface area contributed by atoms with Gasteiger partial charge in [0.25, 0.3) is 0 Å². The van der Waals surface area contributed by atoms with Crippen LogP contribution in [-0.4, -0.2) is 24.3 Å². The molecule has 0 amide bonds. The second-order valence-corrected chi connectivity index (χ2v) is 6.33. The molecule has 3 nitrogen and oxygen atoms in total. The van der Waals surface area contributed by atoms with Crippen LogP contribution in [0.3, 0.4) is 0 Å². The van der Waals surface area contributed by atoms with Crippen LogP contribution in [-0.2, 0) is 11.2 Å². The van der Waals surface area contributed by atoms with Gasteiger partial charge in [-0.05, 0) is 36.5 Å². The first-order valence-corrected chi connectivity index (χ1v) is 8.17. The van der Waals surface area contributed by atoms with E-state index in [2.05, 4.69) is 6.92 Å². The van der Waals surface area contributed by atoms with Crippen molar-refractivity contribution in [1.29, 1.82) is 0 Å². The molecule has 21 heavy (non-hydrogen) atoms. The molecule has 1 fully saturated rings. The summed E-state index contributed by atoms with van der Waals surface area (Å²) in [6.07, 6.45) is 6.16. The molecular weight excluding hydrogens is 282 g/mol. The minimum atomic E-state index is 0.412. The fraction of sp³-hybridized carbons (Fsp3) is 0.588. The lowest BCUT2D eigenvalue weighted by Crippen LogP contribution is -2.27. The van der Waals surface area contributed by atoms with E-state index in [9.17, 15) is 0 Å². The van der Waals surface area contributed by atoms with Crippen molar-refractivity contribution >= 4 is 17.2 Å². The molecule has 2 N–H and O–H groups in total. The van der Waals surface area contributed by atoms with Crippen LogP contribution in [0.15, 0.2) is 24.3 Å². The van der Waals surface area contributed by atoms with Gasteiger partial charge >= 0.3 is 0 Å². The van der Waals surface area contributed by atoms with E-state index >= 15 is 0 Å². The van der Waals surface area contributed by atoms with E-state index in [1.54, 1.807) is 0 Å². The summed E-state index contributed by atoms with van der Waals surface area (Å²) >= 11 is 4.90. The first-order valence-electron chi connectivity index (χ1n) is 7.77. The Bertz CT molecular complexity index is 447. The first-order chi connectivity index (χ1) is 10.1. The van der Waals surface area contributed by atoms with Crippen LogP contribution in [0.2, 0.25) is 0 Å². The van der Waals surface area contributed by atoms with Crippen molar-refractivity contribution in [2.24, 2.45) is 11.7 Å². The average Bonchev–Trinajstić information content (AvgIpc) is 2.46. The Kier molecular flexibility index (Phi) is 6.46. The molecule has 1 aromatic rings. The summed E-state index contributed by atoms with van der Waals surface area (Å²) in [6.45, 7) is 3.53. The second-order valence-electron chi connectivity index (χ2n) is 5.81. The van der Waals surface area contributed by atoms with Gasteiger partial charge in [0.05, 0.1) is 17.7 Å². The Hall–Kier alpha value is -1.13. The summed E-state index contributed by atoms with van der Waals surface area (Å²) in [5.74, 6) is 1.54. The summed E-state index contributed by atoms with van der Waals surface area (Å²) in [7, 11) is 0. The molecule has 2 rings (SSSR count). The molecule has 2 unspecified atom stereocenters. The molecule has 4 heteroatoms. The molecule has 2 atom stereocenters. The highest BCUT2D eigenvalue weighted by molar-refractivity contribution is 7.80. The third kappa shape index (κ3) is 5.64. The molecule has 1 aliphatic rings. The predicted octanol–water partition coefficient (Wildman–Crippen LogP) is 3.49. The summed E-state index contributed by atoms with van der Waals surface area (Å²) in [6, 6.07) is 7.91. The van der Waals surface area contributed by atoms with Crippen LogP contribution in [0.25, 0.3) is 0 Å². The van der Waals surface area contributed by atoms with Gasteiger partial charge in [-0.3, -0.25) is 0 Å². The number of thiocarbonyl (C=S) groups is 1.